The van der Waals surface area contributed by atoms with Gasteiger partial charge in [0, 0.05) is 4.83 Å². The molecule has 0 radical (unpaired) electrons. The van der Waals surface area contributed by atoms with Crippen molar-refractivity contribution in [2.75, 3.05) is 7.11 Å². The van der Waals surface area contributed by atoms with E-state index in [-0.39, 0.29) is 16.4 Å². The van der Waals surface area contributed by atoms with Gasteiger partial charge in [0.1, 0.15) is 0 Å². The normalized spacial score (nSPS) is 12.4. The molecule has 17 heavy (non-hydrogen) atoms. The monoisotopic (exact) mass is 314 g/mol. The highest BCUT2D eigenvalue weighted by Crippen LogP contribution is 2.31. The van der Waals surface area contributed by atoms with Crippen molar-refractivity contribution in [2.45, 2.75) is 11.2 Å². The van der Waals surface area contributed by atoms with E-state index in [1.807, 2.05) is 0 Å². The van der Waals surface area contributed by atoms with Gasteiger partial charge in [-0.3, -0.25) is 0 Å². The van der Waals surface area contributed by atoms with E-state index in [1.54, 1.807) is 23.5 Å². The van der Waals surface area contributed by atoms with Crippen molar-refractivity contribution < 1.29 is 9.13 Å². The first kappa shape index (κ1) is 12.6. The molecule has 0 amide bonds. The number of benzene rings is 1. The van der Waals surface area contributed by atoms with Gasteiger partial charge in [-0.05, 0) is 46.5 Å². The first-order valence-electron chi connectivity index (χ1n) is 5.19. The van der Waals surface area contributed by atoms with E-state index in [4.69, 9.17) is 4.74 Å². The van der Waals surface area contributed by atoms with E-state index < -0.39 is 0 Å². The molecule has 1 aromatic carbocycles. The molecule has 2 aromatic rings. The van der Waals surface area contributed by atoms with Crippen LogP contribution >= 0.6 is 27.3 Å². The van der Waals surface area contributed by atoms with Crippen molar-refractivity contribution >= 4 is 27.3 Å². The molecule has 1 unspecified atom stereocenters. The molecule has 0 aliphatic carbocycles. The number of rotatable bonds is 4. The molecule has 0 aliphatic heterocycles. The Kier molecular flexibility index (Phi) is 4.18. The number of halogens is 2. The zero-order valence-corrected chi connectivity index (χ0v) is 11.7. The third-order valence-electron chi connectivity index (χ3n) is 2.53. The molecule has 0 saturated heterocycles. The lowest BCUT2D eigenvalue weighted by molar-refractivity contribution is 0.386. The lowest BCUT2D eigenvalue weighted by atomic mass is 10.1. The summed E-state index contributed by atoms with van der Waals surface area (Å²) >= 11 is 5.30. The Hall–Kier alpha value is -0.870. The number of hydrogen-bond acceptors (Lipinski definition) is 2. The summed E-state index contributed by atoms with van der Waals surface area (Å²) in [6, 6.07) is 7.06. The van der Waals surface area contributed by atoms with Crippen molar-refractivity contribution in [1.82, 2.24) is 0 Å². The molecule has 4 heteroatoms. The summed E-state index contributed by atoms with van der Waals surface area (Å²) in [5, 5.41) is 4.18. The molecule has 1 heterocycles. The fraction of sp³-hybridized carbons (Fsp3) is 0.231. The third kappa shape index (κ3) is 3.07. The fourth-order valence-electron chi connectivity index (χ4n) is 1.60. The van der Waals surface area contributed by atoms with Crippen LogP contribution in [0.5, 0.6) is 5.75 Å². The highest BCUT2D eigenvalue weighted by atomic mass is 79.9. The molecule has 0 bridgehead atoms. The maximum absolute atomic E-state index is 13.3. The smallest absolute Gasteiger partial charge is 0.165 e. The standard InChI is InChI=1S/C13H12BrFOS/c1-16-13-7-10(2-3-12(13)15)11(14)6-9-4-5-17-8-9/h2-5,7-8,11H,6H2,1H3. The summed E-state index contributed by atoms with van der Waals surface area (Å²) in [6.07, 6.45) is 0.887. The molecular weight excluding hydrogens is 303 g/mol. The average molecular weight is 315 g/mol. The molecule has 0 spiro atoms. The minimum Gasteiger partial charge on any atom is -0.494 e. The molecule has 1 nitrogen and oxygen atoms in total. The third-order valence-corrected chi connectivity index (χ3v) is 4.12. The summed E-state index contributed by atoms with van der Waals surface area (Å²) in [5.74, 6) is -0.0382. The summed E-state index contributed by atoms with van der Waals surface area (Å²) in [4.78, 5) is 0.173. The zero-order chi connectivity index (χ0) is 12.3. The molecular formula is C13H12BrFOS. The van der Waals surface area contributed by atoms with Gasteiger partial charge >= 0.3 is 0 Å². The van der Waals surface area contributed by atoms with Crippen LogP contribution in [-0.4, -0.2) is 7.11 Å². The Labute approximate surface area is 112 Å². The van der Waals surface area contributed by atoms with Gasteiger partial charge in [0.2, 0.25) is 0 Å². The van der Waals surface area contributed by atoms with Crippen LogP contribution in [0.15, 0.2) is 35.0 Å². The highest BCUT2D eigenvalue weighted by Gasteiger charge is 2.12. The summed E-state index contributed by atoms with van der Waals surface area (Å²) in [6.45, 7) is 0. The van der Waals surface area contributed by atoms with Crippen molar-refractivity contribution in [1.29, 1.82) is 0 Å². The Bertz CT molecular complexity index is 484. The van der Waals surface area contributed by atoms with Crippen LogP contribution in [0.3, 0.4) is 0 Å². The van der Waals surface area contributed by atoms with Crippen molar-refractivity contribution in [3.8, 4) is 5.75 Å². The maximum atomic E-state index is 13.3. The highest BCUT2D eigenvalue weighted by molar-refractivity contribution is 9.09. The van der Waals surface area contributed by atoms with Gasteiger partial charge in [-0.15, -0.1) is 0 Å². The van der Waals surface area contributed by atoms with Crippen molar-refractivity contribution in [3.63, 3.8) is 0 Å². The number of thiophene rings is 1. The van der Waals surface area contributed by atoms with Gasteiger partial charge in [-0.25, -0.2) is 4.39 Å². The van der Waals surface area contributed by atoms with Crippen molar-refractivity contribution in [2.24, 2.45) is 0 Å². The second-order valence-corrected chi connectivity index (χ2v) is 5.58. The number of hydrogen-bond donors (Lipinski definition) is 0. The van der Waals surface area contributed by atoms with Crippen molar-refractivity contribution in [3.05, 3.63) is 52.0 Å². The van der Waals surface area contributed by atoms with E-state index in [9.17, 15) is 4.39 Å². The van der Waals surface area contributed by atoms with E-state index in [0.29, 0.717) is 0 Å². The number of methoxy groups -OCH3 is 1. The van der Waals surface area contributed by atoms with Crippen LogP contribution in [-0.2, 0) is 6.42 Å². The maximum Gasteiger partial charge on any atom is 0.165 e. The summed E-state index contributed by atoms with van der Waals surface area (Å²) in [5.41, 5.74) is 2.30. The van der Waals surface area contributed by atoms with E-state index in [2.05, 4.69) is 32.8 Å². The predicted octanol–water partition coefficient (Wildman–Crippen LogP) is 4.57. The minimum absolute atomic E-state index is 0.173. The van der Waals surface area contributed by atoms with Crippen LogP contribution < -0.4 is 4.74 Å². The van der Waals surface area contributed by atoms with Crippen LogP contribution in [0.25, 0.3) is 0 Å². The van der Waals surface area contributed by atoms with E-state index in [0.717, 1.165) is 12.0 Å². The largest absolute Gasteiger partial charge is 0.494 e. The van der Waals surface area contributed by atoms with Gasteiger partial charge < -0.3 is 4.74 Å². The minimum atomic E-state index is -0.327. The van der Waals surface area contributed by atoms with Gasteiger partial charge in [0.15, 0.2) is 11.6 Å². The Morgan fingerprint density at radius 1 is 1.41 bits per heavy atom. The number of ether oxygens (including phenoxy) is 1. The fourth-order valence-corrected chi connectivity index (χ4v) is 2.94. The second-order valence-electron chi connectivity index (χ2n) is 3.70. The molecule has 1 atom stereocenters. The Balaban J connectivity index is 2.16. The lowest BCUT2D eigenvalue weighted by Gasteiger charge is -2.11. The molecule has 1 aromatic heterocycles. The average Bonchev–Trinajstić information content (AvgIpc) is 2.82. The zero-order valence-electron chi connectivity index (χ0n) is 9.32. The molecule has 2 rings (SSSR count). The summed E-state index contributed by atoms with van der Waals surface area (Å²) < 4.78 is 18.2. The van der Waals surface area contributed by atoms with Crippen LogP contribution in [0, 0.1) is 5.82 Å². The first-order chi connectivity index (χ1) is 8.20. The molecule has 0 fully saturated rings. The molecule has 0 aliphatic rings. The Morgan fingerprint density at radius 2 is 2.24 bits per heavy atom. The SMILES string of the molecule is COc1cc(C(Br)Cc2ccsc2)ccc1F. The van der Waals surface area contributed by atoms with Crippen LogP contribution in [0.1, 0.15) is 16.0 Å². The van der Waals surface area contributed by atoms with Gasteiger partial charge in [0.25, 0.3) is 0 Å². The lowest BCUT2D eigenvalue weighted by Crippen LogP contribution is -1.96. The van der Waals surface area contributed by atoms with Crippen LogP contribution in [0.2, 0.25) is 0 Å². The topological polar surface area (TPSA) is 9.23 Å². The molecule has 0 N–H and O–H groups in total. The molecule has 90 valence electrons. The van der Waals surface area contributed by atoms with Gasteiger partial charge in [-0.1, -0.05) is 22.0 Å². The van der Waals surface area contributed by atoms with E-state index in [1.165, 1.54) is 18.7 Å². The first-order valence-corrected chi connectivity index (χ1v) is 7.05. The van der Waals surface area contributed by atoms with E-state index >= 15 is 0 Å². The summed E-state index contributed by atoms with van der Waals surface area (Å²) in [7, 11) is 1.48. The predicted molar refractivity (Wildman–Crippen MR) is 72.6 cm³/mol. The Morgan fingerprint density at radius 3 is 2.88 bits per heavy atom. The van der Waals surface area contributed by atoms with Gasteiger partial charge in [0.05, 0.1) is 7.11 Å². The van der Waals surface area contributed by atoms with Gasteiger partial charge in [-0.2, -0.15) is 11.3 Å². The second kappa shape index (κ2) is 5.65. The number of alkyl halides is 1. The molecule has 0 saturated carbocycles. The quantitative estimate of drug-likeness (QED) is 0.751. The van der Waals surface area contributed by atoms with Crippen LogP contribution in [0.4, 0.5) is 4.39 Å².